The molecule has 2 rings (SSSR count). The zero-order valence-electron chi connectivity index (χ0n) is 11.7. The molecule has 3 nitrogen and oxygen atoms in total. The number of nitrogens with one attached hydrogen (secondary N) is 1. The molecule has 3 heteroatoms. The van der Waals surface area contributed by atoms with Crippen molar-refractivity contribution in [2.45, 2.75) is 51.6 Å². The van der Waals surface area contributed by atoms with Crippen LogP contribution in [0.4, 0.5) is 0 Å². The van der Waals surface area contributed by atoms with Crippen molar-refractivity contribution in [3.05, 3.63) is 35.4 Å². The molecule has 1 saturated carbocycles. The first-order chi connectivity index (χ1) is 9.06. The molecule has 19 heavy (non-hydrogen) atoms. The van der Waals surface area contributed by atoms with E-state index in [0.29, 0.717) is 12.1 Å². The maximum atomic E-state index is 10.9. The van der Waals surface area contributed by atoms with Gasteiger partial charge in [-0.3, -0.25) is 4.79 Å². The topological polar surface area (TPSA) is 49.3 Å². The highest BCUT2D eigenvalue weighted by molar-refractivity contribution is 5.70. The van der Waals surface area contributed by atoms with Crippen LogP contribution in [0.5, 0.6) is 0 Å². The highest BCUT2D eigenvalue weighted by atomic mass is 16.4. The van der Waals surface area contributed by atoms with Gasteiger partial charge in [0.1, 0.15) is 0 Å². The Balaban J connectivity index is 1.87. The van der Waals surface area contributed by atoms with Crippen LogP contribution in [0.1, 0.15) is 49.8 Å². The summed E-state index contributed by atoms with van der Waals surface area (Å²) in [6, 6.07) is 9.32. The van der Waals surface area contributed by atoms with Crippen molar-refractivity contribution in [1.29, 1.82) is 0 Å². The smallest absolute Gasteiger partial charge is 0.306 e. The zero-order chi connectivity index (χ0) is 13.8. The van der Waals surface area contributed by atoms with E-state index in [1.54, 1.807) is 0 Å². The first kappa shape index (κ1) is 14.1. The maximum Gasteiger partial charge on any atom is 0.306 e. The van der Waals surface area contributed by atoms with Crippen molar-refractivity contribution in [1.82, 2.24) is 5.32 Å². The SMILES string of the molecule is Cc1cccc(C(C)NC2CCC(C(=O)O)CC2)c1. The Morgan fingerprint density at radius 1 is 1.32 bits per heavy atom. The van der Waals surface area contributed by atoms with Crippen LogP contribution in [0.2, 0.25) is 0 Å². The Hall–Kier alpha value is -1.35. The van der Waals surface area contributed by atoms with E-state index >= 15 is 0 Å². The van der Waals surface area contributed by atoms with Gasteiger partial charge in [-0.2, -0.15) is 0 Å². The fourth-order valence-electron chi connectivity index (χ4n) is 2.90. The molecule has 1 unspecified atom stereocenters. The third-order valence-corrected chi connectivity index (χ3v) is 4.10. The van der Waals surface area contributed by atoms with Gasteiger partial charge in [-0.05, 0) is 45.1 Å². The summed E-state index contributed by atoms with van der Waals surface area (Å²) in [4.78, 5) is 10.9. The zero-order valence-corrected chi connectivity index (χ0v) is 11.7. The second-order valence-electron chi connectivity index (χ2n) is 5.69. The van der Waals surface area contributed by atoms with E-state index in [2.05, 4.69) is 43.4 Å². The Morgan fingerprint density at radius 2 is 2.00 bits per heavy atom. The number of aliphatic carboxylic acids is 1. The Morgan fingerprint density at radius 3 is 2.58 bits per heavy atom. The van der Waals surface area contributed by atoms with E-state index in [1.165, 1.54) is 11.1 Å². The van der Waals surface area contributed by atoms with Crippen LogP contribution in [-0.4, -0.2) is 17.1 Å². The molecule has 1 aromatic rings. The lowest BCUT2D eigenvalue weighted by atomic mass is 9.85. The van der Waals surface area contributed by atoms with Crippen molar-refractivity contribution >= 4 is 5.97 Å². The van der Waals surface area contributed by atoms with Crippen LogP contribution in [-0.2, 0) is 4.79 Å². The fourth-order valence-corrected chi connectivity index (χ4v) is 2.90. The van der Waals surface area contributed by atoms with Gasteiger partial charge in [0, 0.05) is 12.1 Å². The molecule has 0 bridgehead atoms. The van der Waals surface area contributed by atoms with E-state index in [1.807, 2.05) is 0 Å². The highest BCUT2D eigenvalue weighted by Gasteiger charge is 2.26. The third kappa shape index (κ3) is 3.80. The summed E-state index contributed by atoms with van der Waals surface area (Å²) in [7, 11) is 0. The molecule has 1 aliphatic carbocycles. The van der Waals surface area contributed by atoms with Crippen molar-refractivity contribution in [2.75, 3.05) is 0 Å². The van der Waals surface area contributed by atoms with Crippen molar-refractivity contribution in [3.63, 3.8) is 0 Å². The van der Waals surface area contributed by atoms with Crippen LogP contribution >= 0.6 is 0 Å². The van der Waals surface area contributed by atoms with Gasteiger partial charge in [-0.1, -0.05) is 29.8 Å². The molecular formula is C16H23NO2. The third-order valence-electron chi connectivity index (χ3n) is 4.10. The van der Waals surface area contributed by atoms with Gasteiger partial charge in [-0.25, -0.2) is 0 Å². The van der Waals surface area contributed by atoms with Gasteiger partial charge < -0.3 is 10.4 Å². The average Bonchev–Trinajstić information content (AvgIpc) is 2.39. The molecule has 0 spiro atoms. The molecule has 1 fully saturated rings. The molecule has 1 aliphatic rings. The molecule has 1 aromatic carbocycles. The number of hydrogen-bond donors (Lipinski definition) is 2. The fraction of sp³-hybridized carbons (Fsp3) is 0.562. The lowest BCUT2D eigenvalue weighted by Gasteiger charge is -2.29. The van der Waals surface area contributed by atoms with Crippen LogP contribution < -0.4 is 5.32 Å². The summed E-state index contributed by atoms with van der Waals surface area (Å²) >= 11 is 0. The number of benzene rings is 1. The predicted molar refractivity (Wildman–Crippen MR) is 76.1 cm³/mol. The second kappa shape index (κ2) is 6.20. The lowest BCUT2D eigenvalue weighted by molar-refractivity contribution is -0.142. The van der Waals surface area contributed by atoms with Crippen LogP contribution in [0.3, 0.4) is 0 Å². The molecule has 0 amide bonds. The first-order valence-corrected chi connectivity index (χ1v) is 7.11. The standard InChI is InChI=1S/C16H23NO2/c1-11-4-3-5-14(10-11)12(2)17-15-8-6-13(7-9-15)16(18)19/h3-5,10,12-13,15,17H,6-9H2,1-2H3,(H,18,19). The number of rotatable bonds is 4. The van der Waals surface area contributed by atoms with Crippen LogP contribution in [0, 0.1) is 12.8 Å². The quantitative estimate of drug-likeness (QED) is 0.874. The van der Waals surface area contributed by atoms with Crippen LogP contribution in [0.15, 0.2) is 24.3 Å². The van der Waals surface area contributed by atoms with Crippen molar-refractivity contribution in [3.8, 4) is 0 Å². The normalized spacial score (nSPS) is 24.9. The van der Waals surface area contributed by atoms with Crippen molar-refractivity contribution in [2.24, 2.45) is 5.92 Å². The number of carboxylic acid groups (broad SMARTS) is 1. The molecule has 0 heterocycles. The minimum Gasteiger partial charge on any atom is -0.481 e. The monoisotopic (exact) mass is 261 g/mol. The van der Waals surface area contributed by atoms with E-state index in [9.17, 15) is 4.79 Å². The van der Waals surface area contributed by atoms with E-state index in [4.69, 9.17) is 5.11 Å². The molecule has 0 aliphatic heterocycles. The summed E-state index contributed by atoms with van der Waals surface area (Å²) in [5, 5.41) is 12.6. The number of aryl methyl sites for hydroxylation is 1. The summed E-state index contributed by atoms with van der Waals surface area (Å²) in [5.74, 6) is -0.766. The van der Waals surface area contributed by atoms with Crippen LogP contribution in [0.25, 0.3) is 0 Å². The molecule has 0 radical (unpaired) electrons. The molecule has 1 atom stereocenters. The van der Waals surface area contributed by atoms with Crippen molar-refractivity contribution < 1.29 is 9.90 Å². The molecule has 0 saturated heterocycles. The highest BCUT2D eigenvalue weighted by Crippen LogP contribution is 2.26. The Bertz CT molecular complexity index is 436. The largest absolute Gasteiger partial charge is 0.481 e. The second-order valence-corrected chi connectivity index (χ2v) is 5.69. The summed E-state index contributed by atoms with van der Waals surface area (Å²) in [6.07, 6.45) is 3.53. The van der Waals surface area contributed by atoms with Gasteiger partial charge in [0.05, 0.1) is 5.92 Å². The van der Waals surface area contributed by atoms with Gasteiger partial charge in [-0.15, -0.1) is 0 Å². The minimum atomic E-state index is -0.634. The maximum absolute atomic E-state index is 10.9. The average molecular weight is 261 g/mol. The van der Waals surface area contributed by atoms with Gasteiger partial charge in [0.25, 0.3) is 0 Å². The minimum absolute atomic E-state index is 0.132. The summed E-state index contributed by atoms with van der Waals surface area (Å²) < 4.78 is 0. The van der Waals surface area contributed by atoms with Gasteiger partial charge >= 0.3 is 5.97 Å². The predicted octanol–water partition coefficient (Wildman–Crippen LogP) is 3.29. The van der Waals surface area contributed by atoms with Gasteiger partial charge in [0.2, 0.25) is 0 Å². The molecule has 0 aromatic heterocycles. The van der Waals surface area contributed by atoms with E-state index in [0.717, 1.165) is 25.7 Å². The Kier molecular flexibility index (Phi) is 4.59. The summed E-state index contributed by atoms with van der Waals surface area (Å²) in [6.45, 7) is 4.28. The lowest BCUT2D eigenvalue weighted by Crippen LogP contribution is -2.36. The number of hydrogen-bond acceptors (Lipinski definition) is 2. The van der Waals surface area contributed by atoms with Gasteiger partial charge in [0.15, 0.2) is 0 Å². The Labute approximate surface area is 115 Å². The number of carbonyl (C=O) groups is 1. The number of carboxylic acids is 1. The first-order valence-electron chi connectivity index (χ1n) is 7.11. The molecule has 104 valence electrons. The summed E-state index contributed by atoms with van der Waals surface area (Å²) in [5.41, 5.74) is 2.58. The van der Waals surface area contributed by atoms with E-state index < -0.39 is 5.97 Å². The molecule has 2 N–H and O–H groups in total. The van der Waals surface area contributed by atoms with E-state index in [-0.39, 0.29) is 5.92 Å². The molecular weight excluding hydrogens is 238 g/mol.